The second kappa shape index (κ2) is 7.32. The molecule has 0 bridgehead atoms. The number of carbonyl (C=O) groups is 1. The number of anilines is 1. The van der Waals surface area contributed by atoms with Crippen molar-refractivity contribution in [3.63, 3.8) is 0 Å². The van der Waals surface area contributed by atoms with Crippen LogP contribution in [0.15, 0.2) is 42.5 Å². The van der Waals surface area contributed by atoms with Crippen molar-refractivity contribution in [3.8, 4) is 5.75 Å². The summed E-state index contributed by atoms with van der Waals surface area (Å²) >= 11 is 11.9. The van der Waals surface area contributed by atoms with Crippen molar-refractivity contribution in [3.05, 3.63) is 58.1 Å². The van der Waals surface area contributed by atoms with Crippen molar-refractivity contribution in [2.24, 2.45) is 0 Å². The molecule has 1 N–H and O–H groups in total. The Kier molecular flexibility index (Phi) is 5.17. The predicted octanol–water partition coefficient (Wildman–Crippen LogP) is 5.20. The molecular weight excluding hydrogens is 347 g/mol. The summed E-state index contributed by atoms with van der Waals surface area (Å²) in [4.78, 5) is 14.5. The molecule has 2 aromatic carbocycles. The molecule has 4 nitrogen and oxygen atoms in total. The Balaban J connectivity index is 1.75. The number of hydrogen-bond donors (Lipinski definition) is 1. The topological polar surface area (TPSA) is 41.6 Å². The summed E-state index contributed by atoms with van der Waals surface area (Å²) in [5.74, 6) is 0.783. The van der Waals surface area contributed by atoms with Gasteiger partial charge in [0.25, 0.3) is 0 Å². The number of rotatable bonds is 5. The second-order valence-corrected chi connectivity index (χ2v) is 6.54. The number of urea groups is 1. The number of nitrogens with one attached hydrogen (secondary N) is 1. The van der Waals surface area contributed by atoms with Crippen molar-refractivity contribution in [2.45, 2.75) is 25.4 Å². The van der Waals surface area contributed by atoms with Gasteiger partial charge in [-0.3, -0.25) is 0 Å². The largest absolute Gasteiger partial charge is 0.496 e. The number of nitrogens with zero attached hydrogens (tertiary/aromatic N) is 1. The highest BCUT2D eigenvalue weighted by Crippen LogP contribution is 2.31. The highest BCUT2D eigenvalue weighted by atomic mass is 35.5. The number of ether oxygens (including phenoxy) is 1. The average molecular weight is 365 g/mol. The van der Waals surface area contributed by atoms with E-state index < -0.39 is 0 Å². The number of para-hydroxylation sites is 1. The summed E-state index contributed by atoms with van der Waals surface area (Å²) in [7, 11) is 1.63. The Morgan fingerprint density at radius 2 is 1.96 bits per heavy atom. The first-order valence-corrected chi connectivity index (χ1v) is 8.48. The molecule has 0 radical (unpaired) electrons. The van der Waals surface area contributed by atoms with E-state index in [0.29, 0.717) is 22.3 Å². The van der Waals surface area contributed by atoms with Crippen LogP contribution >= 0.6 is 23.2 Å². The van der Waals surface area contributed by atoms with E-state index in [-0.39, 0.29) is 12.1 Å². The fourth-order valence-corrected chi connectivity index (χ4v) is 2.84. The number of benzene rings is 2. The van der Waals surface area contributed by atoms with Crippen LogP contribution in [0, 0.1) is 0 Å². The highest BCUT2D eigenvalue weighted by Gasteiger charge is 2.33. The zero-order valence-electron chi connectivity index (χ0n) is 13.3. The molecule has 0 spiro atoms. The van der Waals surface area contributed by atoms with Crippen LogP contribution in [0.1, 0.15) is 18.4 Å². The van der Waals surface area contributed by atoms with Crippen molar-refractivity contribution in [1.29, 1.82) is 0 Å². The summed E-state index contributed by atoms with van der Waals surface area (Å²) in [6, 6.07) is 12.9. The van der Waals surface area contributed by atoms with E-state index in [9.17, 15) is 4.79 Å². The number of carbonyl (C=O) groups excluding carboxylic acids is 1. The van der Waals surface area contributed by atoms with Gasteiger partial charge in [-0.05, 0) is 37.1 Å². The molecule has 0 atom stereocenters. The summed E-state index contributed by atoms with van der Waals surface area (Å²) in [6.45, 7) is 0.502. The van der Waals surface area contributed by atoms with E-state index in [1.165, 1.54) is 0 Å². The van der Waals surface area contributed by atoms with Crippen LogP contribution in [0.3, 0.4) is 0 Å². The summed E-state index contributed by atoms with van der Waals surface area (Å²) in [5.41, 5.74) is 1.61. The molecule has 0 aromatic heterocycles. The van der Waals surface area contributed by atoms with E-state index in [4.69, 9.17) is 27.9 Å². The molecule has 1 saturated carbocycles. The maximum Gasteiger partial charge on any atom is 0.322 e. The van der Waals surface area contributed by atoms with Crippen LogP contribution in [0.5, 0.6) is 5.75 Å². The molecule has 24 heavy (non-hydrogen) atoms. The molecule has 2 amide bonds. The number of methoxy groups -OCH3 is 1. The Hall–Kier alpha value is -1.91. The smallest absolute Gasteiger partial charge is 0.322 e. The SMILES string of the molecule is COc1ccccc1CN(C(=O)Nc1ccc(Cl)c(Cl)c1)C1CC1. The number of hydrogen-bond acceptors (Lipinski definition) is 2. The Morgan fingerprint density at radius 1 is 1.21 bits per heavy atom. The first-order valence-electron chi connectivity index (χ1n) is 7.73. The third kappa shape index (κ3) is 3.94. The van der Waals surface area contributed by atoms with Crippen molar-refractivity contribution < 1.29 is 9.53 Å². The second-order valence-electron chi connectivity index (χ2n) is 5.73. The molecular formula is C18H18Cl2N2O2. The fraction of sp³-hybridized carbons (Fsp3) is 0.278. The van der Waals surface area contributed by atoms with Crippen LogP contribution in [-0.4, -0.2) is 24.1 Å². The minimum Gasteiger partial charge on any atom is -0.496 e. The van der Waals surface area contributed by atoms with E-state index in [1.807, 2.05) is 29.2 Å². The third-order valence-electron chi connectivity index (χ3n) is 3.95. The highest BCUT2D eigenvalue weighted by molar-refractivity contribution is 6.42. The van der Waals surface area contributed by atoms with Crippen molar-refractivity contribution in [2.75, 3.05) is 12.4 Å². The Morgan fingerprint density at radius 3 is 2.62 bits per heavy atom. The zero-order chi connectivity index (χ0) is 17.1. The molecule has 0 aliphatic heterocycles. The summed E-state index contributed by atoms with van der Waals surface area (Å²) in [5, 5.41) is 3.77. The first kappa shape index (κ1) is 16.9. The normalized spacial score (nSPS) is 13.5. The molecule has 126 valence electrons. The van der Waals surface area contributed by atoms with Crippen molar-refractivity contribution >= 4 is 34.9 Å². The molecule has 0 saturated heterocycles. The van der Waals surface area contributed by atoms with Crippen LogP contribution in [0.25, 0.3) is 0 Å². The summed E-state index contributed by atoms with van der Waals surface area (Å²) < 4.78 is 5.38. The minimum absolute atomic E-state index is 0.151. The Bertz CT molecular complexity index is 748. The van der Waals surface area contributed by atoms with Crippen LogP contribution < -0.4 is 10.1 Å². The maximum atomic E-state index is 12.7. The van der Waals surface area contributed by atoms with Gasteiger partial charge in [-0.25, -0.2) is 4.79 Å². The van der Waals surface area contributed by atoms with Gasteiger partial charge in [-0.2, -0.15) is 0 Å². The fourth-order valence-electron chi connectivity index (χ4n) is 2.54. The monoisotopic (exact) mass is 364 g/mol. The van der Waals surface area contributed by atoms with Crippen LogP contribution in [0.4, 0.5) is 10.5 Å². The minimum atomic E-state index is -0.151. The van der Waals surface area contributed by atoms with Gasteiger partial charge >= 0.3 is 6.03 Å². The molecule has 1 aliphatic carbocycles. The first-order chi connectivity index (χ1) is 11.6. The molecule has 0 heterocycles. The van der Waals surface area contributed by atoms with Crippen LogP contribution in [-0.2, 0) is 6.54 Å². The standard InChI is InChI=1S/C18H18Cl2N2O2/c1-24-17-5-3-2-4-12(17)11-22(14-7-8-14)18(23)21-13-6-9-15(19)16(20)10-13/h2-6,9-10,14H,7-8,11H2,1H3,(H,21,23). The zero-order valence-corrected chi connectivity index (χ0v) is 14.8. The molecule has 3 rings (SSSR count). The third-order valence-corrected chi connectivity index (χ3v) is 4.69. The van der Waals surface area contributed by atoms with Crippen LogP contribution in [0.2, 0.25) is 10.0 Å². The van der Waals surface area contributed by atoms with E-state index in [0.717, 1.165) is 24.2 Å². The Labute approximate surface area is 151 Å². The van der Waals surface area contributed by atoms with Crippen molar-refractivity contribution in [1.82, 2.24) is 4.90 Å². The van der Waals surface area contributed by atoms with Gasteiger partial charge < -0.3 is 15.0 Å². The van der Waals surface area contributed by atoms with Gasteiger partial charge in [0.2, 0.25) is 0 Å². The van der Waals surface area contributed by atoms with E-state index in [2.05, 4.69) is 5.32 Å². The lowest BCUT2D eigenvalue weighted by Gasteiger charge is -2.24. The number of halogens is 2. The molecule has 0 unspecified atom stereocenters. The lowest BCUT2D eigenvalue weighted by atomic mass is 10.2. The van der Waals surface area contributed by atoms with Gasteiger partial charge in [0.15, 0.2) is 0 Å². The summed E-state index contributed by atoms with van der Waals surface area (Å²) in [6.07, 6.45) is 2.04. The van der Waals surface area contributed by atoms with E-state index >= 15 is 0 Å². The molecule has 6 heteroatoms. The average Bonchev–Trinajstić information content (AvgIpc) is 3.41. The quantitative estimate of drug-likeness (QED) is 0.791. The number of amides is 2. The molecule has 2 aromatic rings. The van der Waals surface area contributed by atoms with Gasteiger partial charge in [0.1, 0.15) is 5.75 Å². The van der Waals surface area contributed by atoms with Gasteiger partial charge in [-0.1, -0.05) is 41.4 Å². The molecule has 1 aliphatic rings. The van der Waals surface area contributed by atoms with Gasteiger partial charge in [0, 0.05) is 17.3 Å². The van der Waals surface area contributed by atoms with Gasteiger partial charge in [0.05, 0.1) is 23.7 Å². The van der Waals surface area contributed by atoms with E-state index in [1.54, 1.807) is 25.3 Å². The van der Waals surface area contributed by atoms with Gasteiger partial charge in [-0.15, -0.1) is 0 Å². The lowest BCUT2D eigenvalue weighted by molar-refractivity contribution is 0.205. The predicted molar refractivity (Wildman–Crippen MR) is 97.0 cm³/mol. The maximum absolute atomic E-state index is 12.7. The molecule has 1 fully saturated rings. The lowest BCUT2D eigenvalue weighted by Crippen LogP contribution is -2.36.